The molecule has 0 saturated heterocycles. The Hall–Kier alpha value is -5.57. The summed E-state index contributed by atoms with van der Waals surface area (Å²) >= 11 is 0. The predicted molar refractivity (Wildman–Crippen MR) is 215 cm³/mol. The summed E-state index contributed by atoms with van der Waals surface area (Å²) in [5.74, 6) is -8.27. The van der Waals surface area contributed by atoms with Crippen molar-refractivity contribution in [2.45, 2.75) is 135 Å². The highest BCUT2D eigenvalue weighted by Gasteiger charge is 2.36. The molecule has 7 amide bonds. The maximum absolute atomic E-state index is 13.7. The smallest absolute Gasteiger partial charge is 0.303 e. The first-order valence-corrected chi connectivity index (χ1v) is 19.1. The Bertz CT molecular complexity index is 1500. The summed E-state index contributed by atoms with van der Waals surface area (Å²) in [6.45, 7) is 15.1. The highest BCUT2D eigenvalue weighted by atomic mass is 16.4. The number of carbonyl (C=O) groups is 8. The maximum atomic E-state index is 13.7. The summed E-state index contributed by atoms with van der Waals surface area (Å²) in [6.07, 6.45) is 1.35. The summed E-state index contributed by atoms with van der Waals surface area (Å²) < 4.78 is 0. The highest BCUT2D eigenvalue weighted by Crippen LogP contribution is 2.11. The van der Waals surface area contributed by atoms with Gasteiger partial charge >= 0.3 is 5.97 Å². The van der Waals surface area contributed by atoms with Crippen LogP contribution in [0.25, 0.3) is 0 Å². The molecule has 58 heavy (non-hydrogen) atoms. The van der Waals surface area contributed by atoms with E-state index >= 15 is 0 Å². The van der Waals surface area contributed by atoms with Gasteiger partial charge in [-0.15, -0.1) is 0 Å². The second-order valence-electron chi connectivity index (χ2n) is 14.8. The molecule has 0 heterocycles. The van der Waals surface area contributed by atoms with Crippen LogP contribution in [0, 0.1) is 17.2 Å². The van der Waals surface area contributed by atoms with Crippen LogP contribution in [-0.4, -0.2) is 118 Å². The summed E-state index contributed by atoms with van der Waals surface area (Å²) in [5.41, 5.74) is 17.0. The van der Waals surface area contributed by atoms with Crippen LogP contribution in [0.3, 0.4) is 0 Å². The third kappa shape index (κ3) is 20.6. The van der Waals surface area contributed by atoms with Crippen LogP contribution in [0.1, 0.15) is 87.0 Å². The molecule has 0 bridgehead atoms. The molecule has 1 unspecified atom stereocenters. The van der Waals surface area contributed by atoms with E-state index in [9.17, 15) is 48.6 Å². The predicted octanol–water partition coefficient (Wildman–Crippen LogP) is -2.54. The number of nitrogens with two attached hydrogens (primary N) is 3. The second-order valence-corrected chi connectivity index (χ2v) is 14.8. The van der Waals surface area contributed by atoms with Crippen molar-refractivity contribution in [3.63, 3.8) is 0 Å². The molecule has 0 aromatic heterocycles. The number of amides is 7. The third-order valence-electron chi connectivity index (χ3n) is 8.56. The zero-order valence-corrected chi connectivity index (χ0v) is 34.5. The maximum Gasteiger partial charge on any atom is 0.303 e. The van der Waals surface area contributed by atoms with Crippen LogP contribution >= 0.6 is 0 Å². The molecule has 8 atom stereocenters. The molecule has 16 N–H and O–H groups in total. The summed E-state index contributed by atoms with van der Waals surface area (Å²) in [7, 11) is 0. The van der Waals surface area contributed by atoms with E-state index in [0.717, 1.165) is 0 Å². The number of guanidine groups is 1. The van der Waals surface area contributed by atoms with Gasteiger partial charge in [0.15, 0.2) is 5.96 Å². The molecule has 0 aliphatic carbocycles. The number of allylic oxidation sites excluding steroid dienone is 2. The van der Waals surface area contributed by atoms with E-state index in [4.69, 9.17) is 22.6 Å². The van der Waals surface area contributed by atoms with Gasteiger partial charge in [0, 0.05) is 19.4 Å². The van der Waals surface area contributed by atoms with Gasteiger partial charge in [-0.25, -0.2) is 0 Å². The average Bonchev–Trinajstić information content (AvgIpc) is 3.11. The lowest BCUT2D eigenvalue weighted by atomic mass is 9.99. The molecule has 0 aliphatic heterocycles. The molecule has 0 rings (SSSR count). The average molecular weight is 824 g/mol. The molecular formula is C37H65N11O10. The number of aliphatic hydroxyl groups excluding tert-OH is 1. The van der Waals surface area contributed by atoms with Crippen LogP contribution in [0.2, 0.25) is 0 Å². The molecule has 21 heteroatoms. The number of hydrogen-bond acceptors (Lipinski definition) is 11. The summed E-state index contributed by atoms with van der Waals surface area (Å²) in [5, 5.41) is 44.6. The molecule has 0 saturated carbocycles. The number of aliphatic hydroxyl groups is 1. The third-order valence-corrected chi connectivity index (χ3v) is 8.56. The first-order chi connectivity index (χ1) is 26.9. The van der Waals surface area contributed by atoms with E-state index in [0.29, 0.717) is 12.0 Å². The number of aliphatic carboxylic acids is 1. The quantitative estimate of drug-likeness (QED) is 0.0176. The number of carbonyl (C=O) groups excluding carboxylic acids is 7. The van der Waals surface area contributed by atoms with Crippen molar-refractivity contribution in [3.05, 3.63) is 24.3 Å². The van der Waals surface area contributed by atoms with Crippen molar-refractivity contribution >= 4 is 53.3 Å². The minimum absolute atomic E-state index is 0.102. The molecule has 328 valence electrons. The van der Waals surface area contributed by atoms with Gasteiger partial charge in [-0.2, -0.15) is 0 Å². The zero-order chi connectivity index (χ0) is 44.9. The molecule has 21 nitrogen and oxygen atoms in total. The molecule has 0 radical (unpaired) electrons. The lowest BCUT2D eigenvalue weighted by molar-refractivity contribution is -0.139. The zero-order valence-electron chi connectivity index (χ0n) is 34.5. The monoisotopic (exact) mass is 823 g/mol. The number of carboxylic acids is 1. The molecule has 0 fully saturated rings. The Balaban J connectivity index is 6.24. The fourth-order valence-corrected chi connectivity index (χ4v) is 5.33. The van der Waals surface area contributed by atoms with E-state index in [1.54, 1.807) is 46.8 Å². The van der Waals surface area contributed by atoms with Gasteiger partial charge in [0.25, 0.3) is 0 Å². The number of nitrogens with one attached hydrogen (secondary N) is 8. The topological polar surface area (TPSA) is 363 Å². The molecule has 0 spiro atoms. The fourth-order valence-electron chi connectivity index (χ4n) is 5.33. The first-order valence-electron chi connectivity index (χ1n) is 19.1. The highest BCUT2D eigenvalue weighted by molar-refractivity contribution is 5.97. The van der Waals surface area contributed by atoms with E-state index in [1.165, 1.54) is 13.8 Å². The Kier molecular flexibility index (Phi) is 23.8. The van der Waals surface area contributed by atoms with Gasteiger partial charge in [0.05, 0.1) is 12.1 Å². The van der Waals surface area contributed by atoms with Gasteiger partial charge in [-0.05, 0) is 58.3 Å². The van der Waals surface area contributed by atoms with E-state index in [-0.39, 0.29) is 37.7 Å². The lowest BCUT2D eigenvalue weighted by Crippen LogP contribution is -2.62. The van der Waals surface area contributed by atoms with Crippen LogP contribution in [0.15, 0.2) is 24.3 Å². The van der Waals surface area contributed by atoms with Gasteiger partial charge < -0.3 is 64.6 Å². The number of rotatable bonds is 27. The summed E-state index contributed by atoms with van der Waals surface area (Å²) in [6, 6.07) is -9.16. The van der Waals surface area contributed by atoms with Crippen molar-refractivity contribution in [3.8, 4) is 0 Å². The van der Waals surface area contributed by atoms with Gasteiger partial charge in [0.2, 0.25) is 41.4 Å². The normalized spacial score (nSPS) is 15.4. The van der Waals surface area contributed by atoms with E-state index in [1.807, 2.05) is 0 Å². The Labute approximate surface area is 339 Å². The van der Waals surface area contributed by atoms with E-state index in [2.05, 4.69) is 43.8 Å². The first kappa shape index (κ1) is 52.4. The van der Waals surface area contributed by atoms with E-state index < -0.39 is 114 Å². The number of primary amides is 1. The van der Waals surface area contributed by atoms with Crippen molar-refractivity contribution in [2.24, 2.45) is 29.0 Å². The standard InChI is InChI=1S/C37H65N11O10/c1-9-11-20(6)17-26(45-31(53)23(38)12-10-15-42-37(40)41)34(56)48-29(22(8)49)36(58)47-28(19(4)5)35(57)44-24(13-14-27(50)51)32(54)46-25(16-18(2)3)33(55)43-21(7)30(39)52/h9,11,18-19,21-26,28-29,49H,6,10,12-17,38H2,1-5,7-8H3,(H2,39,52)(H,43,55)(H,44,57)(H,45,53)(H,46,54)(H,47,58)(H,48,56)(H,50,51)(H4,40,41,42)/b11-9-/t21-,22?,23-,24-,25-,26-,28-,29-/m1/s1. The van der Waals surface area contributed by atoms with Crippen LogP contribution in [0.5, 0.6) is 0 Å². The van der Waals surface area contributed by atoms with Crippen molar-refractivity contribution in [1.82, 2.24) is 37.2 Å². The second kappa shape index (κ2) is 26.4. The van der Waals surface area contributed by atoms with Crippen molar-refractivity contribution in [2.75, 3.05) is 6.54 Å². The molecule has 0 aliphatic rings. The van der Waals surface area contributed by atoms with Gasteiger partial charge in [-0.3, -0.25) is 43.8 Å². The van der Waals surface area contributed by atoms with Crippen LogP contribution in [-0.2, 0) is 38.4 Å². The Morgan fingerprint density at radius 2 is 1.24 bits per heavy atom. The minimum Gasteiger partial charge on any atom is -0.481 e. The molecular weight excluding hydrogens is 758 g/mol. The largest absolute Gasteiger partial charge is 0.481 e. The SMILES string of the molecule is C=C(/C=C\C)C[C@@H](NC(=O)[C@H](N)CCCNC(=N)N)C(=O)N[C@@H](C(=O)N[C@@H](C(=O)N[C@H](CCC(=O)O)C(=O)N[C@H](CC(C)C)C(=O)N[C@H](C)C(N)=O)C(C)C)C(C)O. The number of carboxylic acid groups (broad SMARTS) is 1. The van der Waals surface area contributed by atoms with Gasteiger partial charge in [-0.1, -0.05) is 52.0 Å². The van der Waals surface area contributed by atoms with Crippen molar-refractivity contribution in [1.29, 1.82) is 5.41 Å². The lowest BCUT2D eigenvalue weighted by Gasteiger charge is -2.29. The Morgan fingerprint density at radius 3 is 1.74 bits per heavy atom. The number of hydrogen-bond donors (Lipinski definition) is 13. The summed E-state index contributed by atoms with van der Waals surface area (Å²) in [4.78, 5) is 103. The van der Waals surface area contributed by atoms with Crippen LogP contribution in [0.4, 0.5) is 0 Å². The Morgan fingerprint density at radius 1 is 0.724 bits per heavy atom. The molecule has 0 aromatic rings. The van der Waals surface area contributed by atoms with Crippen molar-refractivity contribution < 1.29 is 48.6 Å². The van der Waals surface area contributed by atoms with Gasteiger partial charge in [0.1, 0.15) is 36.3 Å². The van der Waals surface area contributed by atoms with Crippen LogP contribution < -0.4 is 54.4 Å². The minimum atomic E-state index is -1.66. The molecule has 0 aromatic carbocycles. The fraction of sp³-hybridized carbons (Fsp3) is 0.649.